The molecule has 1 aliphatic rings. The smallest absolute Gasteiger partial charge is 0.256 e. The first kappa shape index (κ1) is 19.3. The lowest BCUT2D eigenvalue weighted by atomic mass is 10.00. The number of hydrogen-bond acceptors (Lipinski definition) is 5. The van der Waals surface area contributed by atoms with Crippen LogP contribution in [0.15, 0.2) is 61.1 Å². The molecule has 1 aromatic carbocycles. The molecule has 1 saturated heterocycles. The van der Waals surface area contributed by atoms with Crippen LogP contribution in [0.4, 0.5) is 5.69 Å². The third kappa shape index (κ3) is 4.05. The molecule has 4 rings (SSSR count). The summed E-state index contributed by atoms with van der Waals surface area (Å²) in [6.07, 6.45) is 7.26. The molecule has 3 heterocycles. The number of nitrogens with one attached hydrogen (secondary N) is 1. The second-order valence-corrected chi connectivity index (χ2v) is 7.04. The Kier molecular flexibility index (Phi) is 5.52. The first-order valence-electron chi connectivity index (χ1n) is 9.74. The van der Waals surface area contributed by atoms with Gasteiger partial charge < -0.3 is 10.2 Å². The summed E-state index contributed by atoms with van der Waals surface area (Å²) in [4.78, 5) is 31.5. The minimum absolute atomic E-state index is 0.212. The van der Waals surface area contributed by atoms with Crippen LogP contribution in [0.2, 0.25) is 0 Å². The van der Waals surface area contributed by atoms with Crippen LogP contribution in [0.3, 0.4) is 0 Å². The van der Waals surface area contributed by atoms with E-state index in [0.29, 0.717) is 24.2 Å². The van der Waals surface area contributed by atoms with Crippen molar-refractivity contribution in [2.45, 2.75) is 25.3 Å². The summed E-state index contributed by atoms with van der Waals surface area (Å²) in [6, 6.07) is 13.7. The van der Waals surface area contributed by atoms with Gasteiger partial charge in [-0.05, 0) is 61.7 Å². The van der Waals surface area contributed by atoms with Gasteiger partial charge >= 0.3 is 0 Å². The van der Waals surface area contributed by atoms with Crippen molar-refractivity contribution in [1.29, 1.82) is 5.26 Å². The molecule has 8 heteroatoms. The molecular formula is C22H20N6O2. The summed E-state index contributed by atoms with van der Waals surface area (Å²) in [5, 5.41) is 16.0. The molecular weight excluding hydrogens is 380 g/mol. The van der Waals surface area contributed by atoms with E-state index >= 15 is 0 Å². The number of nitriles is 1. The first-order chi connectivity index (χ1) is 14.7. The van der Waals surface area contributed by atoms with Crippen LogP contribution >= 0.6 is 0 Å². The van der Waals surface area contributed by atoms with E-state index in [0.717, 1.165) is 18.5 Å². The maximum Gasteiger partial charge on any atom is 0.256 e. The first-order valence-corrected chi connectivity index (χ1v) is 9.74. The van der Waals surface area contributed by atoms with Crippen molar-refractivity contribution in [3.05, 3.63) is 72.3 Å². The van der Waals surface area contributed by atoms with Gasteiger partial charge in [-0.15, -0.1) is 0 Å². The van der Waals surface area contributed by atoms with E-state index in [1.165, 1.54) is 12.3 Å². The summed E-state index contributed by atoms with van der Waals surface area (Å²) in [6.45, 7) is 0.509. The second kappa shape index (κ2) is 8.57. The lowest BCUT2D eigenvalue weighted by molar-refractivity contribution is -0.121. The van der Waals surface area contributed by atoms with Crippen molar-refractivity contribution < 1.29 is 9.59 Å². The molecule has 1 fully saturated rings. The normalized spacial score (nSPS) is 16.0. The Balaban J connectivity index is 1.47. The number of aromatic nitrogens is 3. The summed E-state index contributed by atoms with van der Waals surface area (Å²) in [5.74, 6) is -0.461. The Morgan fingerprint density at radius 1 is 1.13 bits per heavy atom. The number of piperidine rings is 1. The van der Waals surface area contributed by atoms with Crippen LogP contribution in [-0.2, 0) is 4.79 Å². The second-order valence-electron chi connectivity index (χ2n) is 7.04. The number of carbonyl (C=O) groups is 2. The Labute approximate surface area is 173 Å². The number of amides is 2. The SMILES string of the molecule is N#Cc1ccc(C(=O)N2CCCCC2C(=O)Nc2ccc(-n3cccn3)cc2)cn1. The van der Waals surface area contributed by atoms with Crippen molar-refractivity contribution in [2.24, 2.45) is 0 Å². The van der Waals surface area contributed by atoms with Gasteiger partial charge in [-0.1, -0.05) is 0 Å². The molecule has 0 spiro atoms. The maximum absolute atomic E-state index is 13.0. The van der Waals surface area contributed by atoms with Gasteiger partial charge in [0.25, 0.3) is 5.91 Å². The summed E-state index contributed by atoms with van der Waals surface area (Å²) < 4.78 is 1.73. The third-order valence-electron chi connectivity index (χ3n) is 5.10. The van der Waals surface area contributed by atoms with Gasteiger partial charge in [-0.3, -0.25) is 9.59 Å². The Morgan fingerprint density at radius 3 is 2.63 bits per heavy atom. The Morgan fingerprint density at radius 2 is 1.97 bits per heavy atom. The molecule has 8 nitrogen and oxygen atoms in total. The highest BCUT2D eigenvalue weighted by molar-refractivity contribution is 6.01. The minimum Gasteiger partial charge on any atom is -0.327 e. The molecule has 150 valence electrons. The number of rotatable bonds is 4. The highest BCUT2D eigenvalue weighted by Gasteiger charge is 2.32. The third-order valence-corrected chi connectivity index (χ3v) is 5.10. The Hall–Kier alpha value is -3.99. The van der Waals surface area contributed by atoms with E-state index in [2.05, 4.69) is 15.4 Å². The number of nitrogens with zero attached hydrogens (tertiary/aromatic N) is 5. The van der Waals surface area contributed by atoms with Crippen molar-refractivity contribution in [2.75, 3.05) is 11.9 Å². The fraction of sp³-hybridized carbons (Fsp3) is 0.227. The molecule has 1 unspecified atom stereocenters. The molecule has 0 aliphatic carbocycles. The number of benzene rings is 1. The summed E-state index contributed by atoms with van der Waals surface area (Å²) >= 11 is 0. The lowest BCUT2D eigenvalue weighted by Gasteiger charge is -2.34. The van der Waals surface area contributed by atoms with E-state index in [1.807, 2.05) is 42.6 Å². The van der Waals surface area contributed by atoms with Gasteiger partial charge in [0.1, 0.15) is 17.8 Å². The maximum atomic E-state index is 13.0. The topological polar surface area (TPSA) is 104 Å². The van der Waals surface area contributed by atoms with Crippen molar-refractivity contribution in [3.8, 4) is 11.8 Å². The van der Waals surface area contributed by atoms with E-state index in [9.17, 15) is 9.59 Å². The van der Waals surface area contributed by atoms with E-state index in [1.54, 1.807) is 21.8 Å². The van der Waals surface area contributed by atoms with Crippen molar-refractivity contribution >= 4 is 17.5 Å². The molecule has 1 N–H and O–H groups in total. The predicted molar refractivity (Wildman–Crippen MR) is 110 cm³/mol. The standard InChI is InChI=1S/C22H20N6O2/c23-14-18-6-5-16(15-24-18)22(30)27-12-2-1-4-20(27)21(29)26-17-7-9-19(10-8-17)28-13-3-11-25-28/h3,5-11,13,15,20H,1-2,4,12H2,(H,26,29). The number of pyridine rings is 1. The lowest BCUT2D eigenvalue weighted by Crippen LogP contribution is -2.50. The van der Waals surface area contributed by atoms with Gasteiger partial charge in [0, 0.05) is 30.8 Å². The van der Waals surface area contributed by atoms with Gasteiger partial charge in [-0.2, -0.15) is 10.4 Å². The largest absolute Gasteiger partial charge is 0.327 e. The highest BCUT2D eigenvalue weighted by Crippen LogP contribution is 2.22. The van der Waals surface area contributed by atoms with Gasteiger partial charge in [-0.25, -0.2) is 9.67 Å². The molecule has 2 aromatic heterocycles. The molecule has 0 radical (unpaired) electrons. The molecule has 0 saturated carbocycles. The highest BCUT2D eigenvalue weighted by atomic mass is 16.2. The molecule has 1 atom stereocenters. The van der Waals surface area contributed by atoms with Crippen LogP contribution in [0.5, 0.6) is 0 Å². The average molecular weight is 400 g/mol. The molecule has 30 heavy (non-hydrogen) atoms. The number of likely N-dealkylation sites (tertiary alicyclic amines) is 1. The monoisotopic (exact) mass is 400 g/mol. The summed E-state index contributed by atoms with van der Waals surface area (Å²) in [7, 11) is 0. The summed E-state index contributed by atoms with van der Waals surface area (Å²) in [5.41, 5.74) is 2.17. The fourth-order valence-corrected chi connectivity index (χ4v) is 3.54. The molecule has 1 aliphatic heterocycles. The minimum atomic E-state index is -0.548. The Bertz CT molecular complexity index is 1070. The zero-order valence-corrected chi connectivity index (χ0v) is 16.2. The van der Waals surface area contributed by atoms with Crippen molar-refractivity contribution in [3.63, 3.8) is 0 Å². The quantitative estimate of drug-likeness (QED) is 0.725. The predicted octanol–water partition coefficient (Wildman–Crippen LogP) is 2.77. The zero-order chi connectivity index (χ0) is 20.9. The fourth-order valence-electron chi connectivity index (χ4n) is 3.54. The van der Waals surface area contributed by atoms with E-state index < -0.39 is 6.04 Å². The number of anilines is 1. The van der Waals surface area contributed by atoms with Crippen LogP contribution in [0.1, 0.15) is 35.3 Å². The van der Waals surface area contributed by atoms with Gasteiger partial charge in [0.05, 0.1) is 11.3 Å². The average Bonchev–Trinajstić information content (AvgIpc) is 3.34. The van der Waals surface area contributed by atoms with E-state index in [4.69, 9.17) is 5.26 Å². The molecule has 3 aromatic rings. The molecule has 2 amide bonds. The van der Waals surface area contributed by atoms with E-state index in [-0.39, 0.29) is 17.5 Å². The van der Waals surface area contributed by atoms with Crippen molar-refractivity contribution in [1.82, 2.24) is 19.7 Å². The van der Waals surface area contributed by atoms with Crippen LogP contribution in [0, 0.1) is 11.3 Å². The van der Waals surface area contributed by atoms with Crippen LogP contribution < -0.4 is 5.32 Å². The van der Waals surface area contributed by atoms with Crippen LogP contribution in [0.25, 0.3) is 5.69 Å². The molecule has 0 bridgehead atoms. The van der Waals surface area contributed by atoms with Crippen LogP contribution in [-0.4, -0.2) is 44.1 Å². The van der Waals surface area contributed by atoms with Gasteiger partial charge in [0.2, 0.25) is 5.91 Å². The number of carbonyl (C=O) groups excluding carboxylic acids is 2. The van der Waals surface area contributed by atoms with Gasteiger partial charge in [0.15, 0.2) is 0 Å². The zero-order valence-electron chi connectivity index (χ0n) is 16.2. The number of hydrogen-bond donors (Lipinski definition) is 1.